The molecule has 0 spiro atoms. The molecule has 2 fully saturated rings. The second-order valence-corrected chi connectivity index (χ2v) is 8.61. The van der Waals surface area contributed by atoms with Crippen molar-refractivity contribution in [2.75, 3.05) is 18.0 Å². The number of carbonyl (C=O) groups excluding carboxylic acids is 1. The topological polar surface area (TPSA) is 54.5 Å². The monoisotopic (exact) mass is 323 g/mol. The van der Waals surface area contributed by atoms with Gasteiger partial charge in [0.15, 0.2) is 0 Å². The van der Waals surface area contributed by atoms with Crippen LogP contribution in [0.3, 0.4) is 0 Å². The number of hydrogen-bond donors (Lipinski definition) is 1. The van der Waals surface area contributed by atoms with Crippen LogP contribution in [0.15, 0.2) is 6.20 Å². The molecule has 1 aliphatic carbocycles. The third kappa shape index (κ3) is 3.37. The number of aryl methyl sites for hydroxylation is 1. The van der Waals surface area contributed by atoms with Crippen LogP contribution < -0.4 is 10.2 Å². The number of fused-ring (bicyclic) bond motifs is 2. The van der Waals surface area contributed by atoms with Gasteiger partial charge in [0.2, 0.25) is 0 Å². The minimum absolute atomic E-state index is 0.250. The second-order valence-electron chi connectivity index (χ2n) is 7.39. The van der Waals surface area contributed by atoms with Crippen LogP contribution in [-0.4, -0.2) is 35.8 Å². The Labute approximate surface area is 136 Å². The number of nitrogens with zero attached hydrogens (tertiary/aromatic N) is 2. The molecular weight excluding hydrogens is 298 g/mol. The van der Waals surface area contributed by atoms with Crippen LogP contribution in [0, 0.1) is 18.8 Å². The zero-order chi connectivity index (χ0) is 15.9. The van der Waals surface area contributed by atoms with Crippen LogP contribution >= 0.6 is 11.3 Å². The van der Waals surface area contributed by atoms with Crippen molar-refractivity contribution >= 4 is 22.4 Å². The minimum atomic E-state index is -0.440. The smallest absolute Gasteiger partial charge is 0.407 e. The minimum Gasteiger partial charge on any atom is -0.444 e. The molecule has 1 aliphatic heterocycles. The van der Waals surface area contributed by atoms with Crippen molar-refractivity contribution < 1.29 is 9.53 Å². The highest BCUT2D eigenvalue weighted by Crippen LogP contribution is 2.40. The fourth-order valence-corrected chi connectivity index (χ4v) is 4.37. The van der Waals surface area contributed by atoms with E-state index in [-0.39, 0.29) is 12.1 Å². The maximum atomic E-state index is 12.0. The molecular formula is C16H25N3O2S. The largest absolute Gasteiger partial charge is 0.444 e. The van der Waals surface area contributed by atoms with Gasteiger partial charge in [-0.3, -0.25) is 0 Å². The Hall–Kier alpha value is -1.30. The Balaban J connectivity index is 1.62. The number of nitrogens with one attached hydrogen (secondary N) is 1. The maximum absolute atomic E-state index is 12.0. The normalized spacial score (nSPS) is 27.8. The molecule has 1 N–H and O–H groups in total. The molecule has 3 atom stereocenters. The Morgan fingerprint density at radius 3 is 2.50 bits per heavy atom. The molecule has 3 rings (SSSR count). The van der Waals surface area contributed by atoms with E-state index in [4.69, 9.17) is 4.74 Å². The standard InChI is InChI=1S/C16H25N3O2S/c1-10-17-7-13(22-10)19-8-11-5-6-12(9-19)14(11)18-15(20)21-16(2,3)4/h7,11-12,14H,5-6,8-9H2,1-4H3,(H,18,20)/t11-,12+,14-. The number of ether oxygens (including phenoxy) is 1. The molecule has 2 bridgehead atoms. The molecule has 5 nitrogen and oxygen atoms in total. The lowest BCUT2D eigenvalue weighted by atomic mass is 9.92. The van der Waals surface area contributed by atoms with Crippen molar-refractivity contribution in [2.45, 2.75) is 52.2 Å². The predicted molar refractivity (Wildman–Crippen MR) is 88.4 cm³/mol. The average molecular weight is 323 g/mol. The molecule has 1 aromatic rings. The van der Waals surface area contributed by atoms with Gasteiger partial charge in [-0.05, 0) is 52.4 Å². The van der Waals surface area contributed by atoms with Crippen LogP contribution in [0.25, 0.3) is 0 Å². The summed E-state index contributed by atoms with van der Waals surface area (Å²) in [6.07, 6.45) is 4.05. The molecule has 1 amide bonds. The molecule has 0 radical (unpaired) electrons. The molecule has 2 aliphatic rings. The highest BCUT2D eigenvalue weighted by molar-refractivity contribution is 7.15. The highest BCUT2D eigenvalue weighted by Gasteiger charge is 2.43. The van der Waals surface area contributed by atoms with Gasteiger partial charge < -0.3 is 15.0 Å². The van der Waals surface area contributed by atoms with Gasteiger partial charge in [-0.15, -0.1) is 11.3 Å². The van der Waals surface area contributed by atoms with Crippen LogP contribution in [0.1, 0.15) is 38.6 Å². The van der Waals surface area contributed by atoms with Gasteiger partial charge in [-0.2, -0.15) is 0 Å². The van der Waals surface area contributed by atoms with E-state index in [2.05, 4.69) is 15.2 Å². The molecule has 0 aromatic carbocycles. The second kappa shape index (κ2) is 5.72. The molecule has 0 unspecified atom stereocenters. The lowest BCUT2D eigenvalue weighted by Gasteiger charge is -2.38. The summed E-state index contributed by atoms with van der Waals surface area (Å²) in [7, 11) is 0. The number of amides is 1. The van der Waals surface area contributed by atoms with E-state index >= 15 is 0 Å². The average Bonchev–Trinajstić information content (AvgIpc) is 2.89. The van der Waals surface area contributed by atoms with Gasteiger partial charge in [-0.1, -0.05) is 0 Å². The number of rotatable bonds is 2. The lowest BCUT2D eigenvalue weighted by molar-refractivity contribution is 0.0473. The summed E-state index contributed by atoms with van der Waals surface area (Å²) in [5.41, 5.74) is -0.440. The first-order chi connectivity index (χ1) is 10.3. The molecule has 2 heterocycles. The van der Waals surface area contributed by atoms with Crippen molar-refractivity contribution in [3.05, 3.63) is 11.2 Å². The van der Waals surface area contributed by atoms with Crippen molar-refractivity contribution in [1.82, 2.24) is 10.3 Å². The van der Waals surface area contributed by atoms with E-state index in [1.807, 2.05) is 33.9 Å². The molecule has 1 saturated carbocycles. The number of thiazole rings is 1. The van der Waals surface area contributed by atoms with E-state index in [0.29, 0.717) is 11.8 Å². The number of aromatic nitrogens is 1. The van der Waals surface area contributed by atoms with Gasteiger partial charge in [0, 0.05) is 19.1 Å². The first-order valence-corrected chi connectivity index (χ1v) is 8.80. The number of carbonyl (C=O) groups is 1. The summed E-state index contributed by atoms with van der Waals surface area (Å²) >= 11 is 1.75. The van der Waals surface area contributed by atoms with Gasteiger partial charge >= 0.3 is 6.09 Å². The molecule has 1 aromatic heterocycles. The summed E-state index contributed by atoms with van der Waals surface area (Å²) in [5.74, 6) is 1.02. The Morgan fingerprint density at radius 2 is 2.00 bits per heavy atom. The Morgan fingerprint density at radius 1 is 1.36 bits per heavy atom. The maximum Gasteiger partial charge on any atom is 0.407 e. The summed E-state index contributed by atoms with van der Waals surface area (Å²) in [6.45, 7) is 9.73. The van der Waals surface area contributed by atoms with E-state index in [1.165, 1.54) is 17.8 Å². The summed E-state index contributed by atoms with van der Waals surface area (Å²) in [4.78, 5) is 18.8. The number of hydrogen-bond acceptors (Lipinski definition) is 5. The fraction of sp³-hybridized carbons (Fsp3) is 0.750. The van der Waals surface area contributed by atoms with Crippen LogP contribution in [0.4, 0.5) is 9.80 Å². The zero-order valence-electron chi connectivity index (χ0n) is 13.8. The third-order valence-corrected chi connectivity index (χ3v) is 5.41. The van der Waals surface area contributed by atoms with Gasteiger partial charge in [0.1, 0.15) is 10.6 Å². The van der Waals surface area contributed by atoms with Gasteiger partial charge in [0.25, 0.3) is 0 Å². The molecule has 6 heteroatoms. The first kappa shape index (κ1) is 15.6. The highest BCUT2D eigenvalue weighted by atomic mass is 32.1. The summed E-state index contributed by atoms with van der Waals surface area (Å²) < 4.78 is 5.41. The van der Waals surface area contributed by atoms with Gasteiger partial charge in [0.05, 0.1) is 11.2 Å². The Bertz CT molecular complexity index is 538. The molecule has 122 valence electrons. The SMILES string of the molecule is Cc1ncc(N2C[C@H]3CC[C@@H](C2)[C@@H]3NC(=O)OC(C)(C)C)s1. The van der Waals surface area contributed by atoms with E-state index in [9.17, 15) is 4.79 Å². The van der Waals surface area contributed by atoms with Crippen molar-refractivity contribution in [3.8, 4) is 0 Å². The Kier molecular flexibility index (Phi) is 4.05. The van der Waals surface area contributed by atoms with Crippen molar-refractivity contribution in [2.24, 2.45) is 11.8 Å². The predicted octanol–water partition coefficient (Wildman–Crippen LogP) is 3.19. The number of piperidine rings is 1. The first-order valence-electron chi connectivity index (χ1n) is 7.99. The lowest BCUT2D eigenvalue weighted by Crippen LogP contribution is -2.53. The fourth-order valence-electron chi connectivity index (χ4n) is 3.58. The van der Waals surface area contributed by atoms with Crippen molar-refractivity contribution in [1.29, 1.82) is 0 Å². The summed E-state index contributed by atoms with van der Waals surface area (Å²) in [5, 5.41) is 5.48. The number of anilines is 1. The van der Waals surface area contributed by atoms with Crippen molar-refractivity contribution in [3.63, 3.8) is 0 Å². The summed E-state index contributed by atoms with van der Waals surface area (Å²) in [6, 6.07) is 0.250. The quantitative estimate of drug-likeness (QED) is 0.908. The van der Waals surface area contributed by atoms with Crippen LogP contribution in [0.5, 0.6) is 0 Å². The zero-order valence-corrected chi connectivity index (χ0v) is 14.6. The van der Waals surface area contributed by atoms with Gasteiger partial charge in [-0.25, -0.2) is 9.78 Å². The third-order valence-electron chi connectivity index (χ3n) is 4.44. The number of alkyl carbamates (subject to hydrolysis) is 1. The van der Waals surface area contributed by atoms with E-state index in [0.717, 1.165) is 18.1 Å². The van der Waals surface area contributed by atoms with E-state index in [1.54, 1.807) is 11.3 Å². The van der Waals surface area contributed by atoms with Crippen LogP contribution in [-0.2, 0) is 4.74 Å². The molecule has 1 saturated heterocycles. The van der Waals surface area contributed by atoms with Crippen LogP contribution in [0.2, 0.25) is 0 Å². The van der Waals surface area contributed by atoms with E-state index < -0.39 is 5.60 Å². The molecule has 22 heavy (non-hydrogen) atoms.